The van der Waals surface area contributed by atoms with Crippen molar-refractivity contribution in [3.8, 4) is 0 Å². The minimum Gasteiger partial charge on any atom is -0.481 e. The van der Waals surface area contributed by atoms with Crippen molar-refractivity contribution in [1.29, 1.82) is 0 Å². The molecule has 1 aliphatic heterocycles. The molecule has 0 aromatic carbocycles. The van der Waals surface area contributed by atoms with Crippen LogP contribution in [0.25, 0.3) is 0 Å². The van der Waals surface area contributed by atoms with Crippen molar-refractivity contribution in [3.63, 3.8) is 0 Å². The van der Waals surface area contributed by atoms with E-state index in [1.54, 1.807) is 13.8 Å². The smallest absolute Gasteiger partial charge is 0.309 e. The maximum atomic E-state index is 12.3. The van der Waals surface area contributed by atoms with Gasteiger partial charge in [0, 0.05) is 19.0 Å². The standard InChI is InChI=1S/C14H25NO3/c1-4-11-8-6-5-7-9-15(11)12(16)10-14(2,3)13(17)18/h11H,4-10H2,1-3H3,(H,17,18). The third-order valence-corrected chi connectivity index (χ3v) is 3.84. The highest BCUT2D eigenvalue weighted by Gasteiger charge is 2.34. The summed E-state index contributed by atoms with van der Waals surface area (Å²) in [5.41, 5.74) is -0.971. The molecule has 1 unspecified atom stereocenters. The van der Waals surface area contributed by atoms with E-state index in [0.29, 0.717) is 6.04 Å². The Kier molecular flexibility index (Phi) is 5.17. The first kappa shape index (κ1) is 15.0. The van der Waals surface area contributed by atoms with Crippen LogP contribution in [0.4, 0.5) is 0 Å². The highest BCUT2D eigenvalue weighted by atomic mass is 16.4. The van der Waals surface area contributed by atoms with Crippen LogP contribution in [0.15, 0.2) is 0 Å². The van der Waals surface area contributed by atoms with Crippen LogP contribution in [0.2, 0.25) is 0 Å². The number of hydrogen-bond donors (Lipinski definition) is 1. The van der Waals surface area contributed by atoms with E-state index in [9.17, 15) is 9.59 Å². The molecule has 1 saturated heterocycles. The fourth-order valence-electron chi connectivity index (χ4n) is 2.49. The molecule has 1 fully saturated rings. The van der Waals surface area contributed by atoms with Crippen LogP contribution in [0, 0.1) is 5.41 Å². The van der Waals surface area contributed by atoms with E-state index in [-0.39, 0.29) is 12.3 Å². The van der Waals surface area contributed by atoms with Crippen LogP contribution in [0.1, 0.15) is 59.3 Å². The number of nitrogens with zero attached hydrogens (tertiary/aromatic N) is 1. The quantitative estimate of drug-likeness (QED) is 0.840. The molecule has 0 radical (unpaired) electrons. The number of amides is 1. The van der Waals surface area contributed by atoms with Crippen molar-refractivity contribution in [2.75, 3.05) is 6.54 Å². The zero-order valence-corrected chi connectivity index (χ0v) is 11.7. The SMILES string of the molecule is CCC1CCCCCN1C(=O)CC(C)(C)C(=O)O. The highest BCUT2D eigenvalue weighted by molar-refractivity contribution is 5.84. The van der Waals surface area contributed by atoms with Gasteiger partial charge in [0.1, 0.15) is 0 Å². The summed E-state index contributed by atoms with van der Waals surface area (Å²) >= 11 is 0. The van der Waals surface area contributed by atoms with Gasteiger partial charge in [0.05, 0.1) is 5.41 Å². The number of aliphatic carboxylic acids is 1. The molecular weight excluding hydrogens is 230 g/mol. The maximum absolute atomic E-state index is 12.3. The number of hydrogen-bond acceptors (Lipinski definition) is 2. The van der Waals surface area contributed by atoms with Crippen LogP contribution in [0.3, 0.4) is 0 Å². The predicted octanol–water partition coefficient (Wildman–Crippen LogP) is 2.67. The molecule has 4 heteroatoms. The van der Waals surface area contributed by atoms with E-state index >= 15 is 0 Å². The Hall–Kier alpha value is -1.06. The van der Waals surface area contributed by atoms with E-state index in [0.717, 1.165) is 25.8 Å². The van der Waals surface area contributed by atoms with Gasteiger partial charge < -0.3 is 10.0 Å². The molecule has 0 aromatic heterocycles. The van der Waals surface area contributed by atoms with Gasteiger partial charge in [-0.05, 0) is 33.1 Å². The lowest BCUT2D eigenvalue weighted by atomic mass is 9.88. The van der Waals surface area contributed by atoms with Crippen LogP contribution in [-0.4, -0.2) is 34.5 Å². The molecule has 1 rings (SSSR count). The Balaban J connectivity index is 2.71. The van der Waals surface area contributed by atoms with Gasteiger partial charge in [0.25, 0.3) is 0 Å². The number of carboxylic acid groups (broad SMARTS) is 1. The van der Waals surface area contributed by atoms with Crippen LogP contribution >= 0.6 is 0 Å². The summed E-state index contributed by atoms with van der Waals surface area (Å²) < 4.78 is 0. The third-order valence-electron chi connectivity index (χ3n) is 3.84. The molecule has 0 spiro atoms. The van der Waals surface area contributed by atoms with E-state index in [2.05, 4.69) is 6.92 Å². The molecule has 0 aliphatic carbocycles. The monoisotopic (exact) mass is 255 g/mol. The molecule has 4 nitrogen and oxygen atoms in total. The second kappa shape index (κ2) is 6.21. The van der Waals surface area contributed by atoms with Gasteiger partial charge in [0.2, 0.25) is 5.91 Å². The molecule has 18 heavy (non-hydrogen) atoms. The first-order chi connectivity index (χ1) is 8.38. The Bertz CT molecular complexity index is 312. The van der Waals surface area contributed by atoms with Crippen LogP contribution < -0.4 is 0 Å². The van der Waals surface area contributed by atoms with Crippen LogP contribution in [0.5, 0.6) is 0 Å². The van der Waals surface area contributed by atoms with Gasteiger partial charge in [0.15, 0.2) is 0 Å². The van der Waals surface area contributed by atoms with Gasteiger partial charge in [-0.1, -0.05) is 19.8 Å². The number of likely N-dealkylation sites (tertiary alicyclic amines) is 1. The van der Waals surface area contributed by atoms with E-state index in [4.69, 9.17) is 5.11 Å². The van der Waals surface area contributed by atoms with Crippen molar-refractivity contribution >= 4 is 11.9 Å². The third kappa shape index (κ3) is 3.72. The fraction of sp³-hybridized carbons (Fsp3) is 0.857. The summed E-state index contributed by atoms with van der Waals surface area (Å²) in [6.45, 7) is 6.11. The Morgan fingerprint density at radius 1 is 1.28 bits per heavy atom. The summed E-state index contributed by atoms with van der Waals surface area (Å²) in [6, 6.07) is 0.296. The first-order valence-electron chi connectivity index (χ1n) is 6.91. The van der Waals surface area contributed by atoms with Crippen molar-refractivity contribution in [2.24, 2.45) is 5.41 Å². The predicted molar refractivity (Wildman–Crippen MR) is 70.3 cm³/mol. The molecule has 0 saturated carbocycles. The van der Waals surface area contributed by atoms with E-state index in [1.165, 1.54) is 12.8 Å². The molecule has 0 aromatic rings. The summed E-state index contributed by atoms with van der Waals surface area (Å²) in [5, 5.41) is 9.10. The Morgan fingerprint density at radius 3 is 2.50 bits per heavy atom. The molecule has 1 amide bonds. The number of carbonyl (C=O) groups is 2. The molecule has 1 atom stereocenters. The molecule has 1 heterocycles. The first-order valence-corrected chi connectivity index (χ1v) is 6.91. The zero-order chi connectivity index (χ0) is 13.8. The molecule has 104 valence electrons. The Morgan fingerprint density at radius 2 is 1.94 bits per heavy atom. The van der Waals surface area contributed by atoms with Gasteiger partial charge in [-0.2, -0.15) is 0 Å². The summed E-state index contributed by atoms with van der Waals surface area (Å²) in [6.07, 6.45) is 5.48. The zero-order valence-electron chi connectivity index (χ0n) is 11.7. The normalized spacial score (nSPS) is 21.5. The van der Waals surface area contributed by atoms with E-state index < -0.39 is 11.4 Å². The van der Waals surface area contributed by atoms with Gasteiger partial charge in [-0.3, -0.25) is 9.59 Å². The topological polar surface area (TPSA) is 57.6 Å². The summed E-state index contributed by atoms with van der Waals surface area (Å²) in [7, 11) is 0. The fourth-order valence-corrected chi connectivity index (χ4v) is 2.49. The second-order valence-corrected chi connectivity index (χ2v) is 5.86. The van der Waals surface area contributed by atoms with Crippen molar-refractivity contribution in [3.05, 3.63) is 0 Å². The van der Waals surface area contributed by atoms with Crippen LogP contribution in [-0.2, 0) is 9.59 Å². The molecule has 1 N–H and O–H groups in total. The lowest BCUT2D eigenvalue weighted by Crippen LogP contribution is -2.42. The lowest BCUT2D eigenvalue weighted by molar-refractivity contribution is -0.152. The molecule has 0 bridgehead atoms. The average Bonchev–Trinajstić information content (AvgIpc) is 2.52. The van der Waals surface area contributed by atoms with Crippen molar-refractivity contribution in [2.45, 2.75) is 65.3 Å². The lowest BCUT2D eigenvalue weighted by Gasteiger charge is -2.31. The minimum absolute atomic E-state index is 0.00356. The number of carbonyl (C=O) groups excluding carboxylic acids is 1. The maximum Gasteiger partial charge on any atom is 0.309 e. The second-order valence-electron chi connectivity index (χ2n) is 5.86. The summed E-state index contributed by atoms with van der Waals surface area (Å²) in [4.78, 5) is 25.3. The largest absolute Gasteiger partial charge is 0.481 e. The number of rotatable bonds is 4. The van der Waals surface area contributed by atoms with Gasteiger partial charge >= 0.3 is 5.97 Å². The van der Waals surface area contributed by atoms with Crippen molar-refractivity contribution in [1.82, 2.24) is 4.90 Å². The van der Waals surface area contributed by atoms with Gasteiger partial charge in [-0.25, -0.2) is 0 Å². The van der Waals surface area contributed by atoms with Crippen molar-refractivity contribution < 1.29 is 14.7 Å². The minimum atomic E-state index is -0.971. The molecule has 1 aliphatic rings. The number of carboxylic acids is 1. The molecular formula is C14H25NO3. The Labute approximate surface area is 109 Å². The van der Waals surface area contributed by atoms with E-state index in [1.807, 2.05) is 4.90 Å². The van der Waals surface area contributed by atoms with Gasteiger partial charge in [-0.15, -0.1) is 0 Å². The highest BCUT2D eigenvalue weighted by Crippen LogP contribution is 2.25. The summed E-state index contributed by atoms with van der Waals surface area (Å²) in [5.74, 6) is -0.908. The average molecular weight is 255 g/mol.